The lowest BCUT2D eigenvalue weighted by atomic mass is 9.90. The second-order valence-corrected chi connectivity index (χ2v) is 7.63. The molecule has 1 N–H and O–H groups in total. The Morgan fingerprint density at radius 3 is 2.43 bits per heavy atom. The third-order valence-electron chi connectivity index (χ3n) is 5.17. The number of carboxylic acid groups (broad SMARTS) is 1. The van der Waals surface area contributed by atoms with Crippen LogP contribution in [0.1, 0.15) is 41.1 Å². The summed E-state index contributed by atoms with van der Waals surface area (Å²) in [6, 6.07) is 11.0. The molecule has 0 aliphatic carbocycles. The highest BCUT2D eigenvalue weighted by Crippen LogP contribution is 2.39. The number of rotatable bonds is 4. The van der Waals surface area contributed by atoms with Gasteiger partial charge < -0.3 is 5.11 Å². The lowest BCUT2D eigenvalue weighted by Gasteiger charge is -2.38. The Hall–Kier alpha value is -2.05. The van der Waals surface area contributed by atoms with E-state index in [1.807, 2.05) is 36.1 Å². The van der Waals surface area contributed by atoms with E-state index in [9.17, 15) is 23.1 Å². The summed E-state index contributed by atoms with van der Waals surface area (Å²) in [4.78, 5) is 13.4. The Labute approximate surface area is 166 Å². The van der Waals surface area contributed by atoms with Crippen molar-refractivity contribution < 1.29 is 23.1 Å². The maximum atomic E-state index is 13.4. The van der Waals surface area contributed by atoms with Gasteiger partial charge in [0.05, 0.1) is 22.5 Å². The summed E-state index contributed by atoms with van der Waals surface area (Å²) in [7, 11) is 0. The summed E-state index contributed by atoms with van der Waals surface area (Å²) >= 11 is 5.79. The summed E-state index contributed by atoms with van der Waals surface area (Å²) in [5.41, 5.74) is 1.44. The summed E-state index contributed by atoms with van der Waals surface area (Å²) in [5, 5.41) is 9.06. The van der Waals surface area contributed by atoms with E-state index < -0.39 is 29.7 Å². The highest BCUT2D eigenvalue weighted by Gasteiger charge is 2.36. The van der Waals surface area contributed by atoms with Gasteiger partial charge in [0.15, 0.2) is 0 Å². The Balaban J connectivity index is 2.07. The first-order chi connectivity index (χ1) is 13.2. The Bertz CT molecular complexity index is 852. The average molecular weight is 412 g/mol. The van der Waals surface area contributed by atoms with Gasteiger partial charge in [0.25, 0.3) is 0 Å². The SMILES string of the molecule is Cc1ccc(C(c2ccc(Cl)c(C(F)(F)F)c2)N2CCCC(C(=O)O)C2)cc1. The van der Waals surface area contributed by atoms with Crippen molar-refractivity contribution in [3.05, 3.63) is 69.7 Å². The Morgan fingerprint density at radius 1 is 1.18 bits per heavy atom. The van der Waals surface area contributed by atoms with Crippen molar-refractivity contribution in [2.45, 2.75) is 32.0 Å². The maximum Gasteiger partial charge on any atom is 0.417 e. The molecule has 1 aliphatic heterocycles. The molecular formula is C21H21ClF3NO2. The van der Waals surface area contributed by atoms with E-state index in [0.717, 1.165) is 17.2 Å². The minimum absolute atomic E-state index is 0.290. The molecule has 2 atom stereocenters. The number of carbonyl (C=O) groups is 1. The number of aliphatic carboxylic acids is 1. The molecule has 1 saturated heterocycles. The van der Waals surface area contributed by atoms with Crippen LogP contribution in [0.15, 0.2) is 42.5 Å². The molecule has 2 aromatic carbocycles. The number of carboxylic acids is 1. The molecule has 28 heavy (non-hydrogen) atoms. The fourth-order valence-corrected chi connectivity index (χ4v) is 3.96. The van der Waals surface area contributed by atoms with E-state index in [2.05, 4.69) is 0 Å². The molecule has 1 fully saturated rings. The van der Waals surface area contributed by atoms with Gasteiger partial charge in [-0.1, -0.05) is 47.5 Å². The first-order valence-corrected chi connectivity index (χ1v) is 9.44. The third-order valence-corrected chi connectivity index (χ3v) is 5.50. The molecule has 1 aliphatic rings. The van der Waals surface area contributed by atoms with E-state index in [4.69, 9.17) is 11.6 Å². The van der Waals surface area contributed by atoms with Gasteiger partial charge in [-0.25, -0.2) is 0 Å². The Kier molecular flexibility index (Phi) is 6.01. The van der Waals surface area contributed by atoms with Crippen LogP contribution in [0.25, 0.3) is 0 Å². The van der Waals surface area contributed by atoms with Gasteiger partial charge in [-0.05, 0) is 49.6 Å². The van der Waals surface area contributed by atoms with Crippen LogP contribution in [0, 0.1) is 12.8 Å². The van der Waals surface area contributed by atoms with Crippen LogP contribution in [0.5, 0.6) is 0 Å². The van der Waals surface area contributed by atoms with E-state index in [0.29, 0.717) is 24.9 Å². The molecule has 150 valence electrons. The monoisotopic (exact) mass is 411 g/mol. The zero-order chi connectivity index (χ0) is 20.5. The average Bonchev–Trinajstić information content (AvgIpc) is 2.64. The van der Waals surface area contributed by atoms with E-state index >= 15 is 0 Å². The normalized spacial score (nSPS) is 19.4. The van der Waals surface area contributed by atoms with Crippen LogP contribution in [-0.4, -0.2) is 29.1 Å². The predicted molar refractivity (Wildman–Crippen MR) is 101 cm³/mol. The van der Waals surface area contributed by atoms with Crippen molar-refractivity contribution in [2.24, 2.45) is 5.92 Å². The molecule has 3 rings (SSSR count). The minimum atomic E-state index is -4.56. The highest BCUT2D eigenvalue weighted by atomic mass is 35.5. The fourth-order valence-electron chi connectivity index (χ4n) is 3.74. The number of likely N-dealkylation sites (tertiary alicyclic amines) is 1. The molecule has 0 spiro atoms. The Morgan fingerprint density at radius 2 is 1.82 bits per heavy atom. The first kappa shape index (κ1) is 20.7. The molecule has 3 nitrogen and oxygen atoms in total. The quantitative estimate of drug-likeness (QED) is 0.716. The van der Waals surface area contributed by atoms with E-state index in [1.54, 1.807) is 6.07 Å². The van der Waals surface area contributed by atoms with Crippen molar-refractivity contribution in [3.8, 4) is 0 Å². The van der Waals surface area contributed by atoms with Crippen LogP contribution in [0.3, 0.4) is 0 Å². The van der Waals surface area contributed by atoms with Gasteiger partial charge in [0.2, 0.25) is 0 Å². The van der Waals surface area contributed by atoms with Crippen LogP contribution in [0.4, 0.5) is 13.2 Å². The lowest BCUT2D eigenvalue weighted by molar-refractivity contribution is -0.143. The molecule has 7 heteroatoms. The van der Waals surface area contributed by atoms with Gasteiger partial charge in [-0.15, -0.1) is 0 Å². The van der Waals surface area contributed by atoms with Crippen LogP contribution in [0.2, 0.25) is 5.02 Å². The van der Waals surface area contributed by atoms with Crippen molar-refractivity contribution in [1.82, 2.24) is 4.90 Å². The lowest BCUT2D eigenvalue weighted by Crippen LogP contribution is -2.41. The highest BCUT2D eigenvalue weighted by molar-refractivity contribution is 6.31. The van der Waals surface area contributed by atoms with Crippen molar-refractivity contribution >= 4 is 17.6 Å². The number of hydrogen-bond donors (Lipinski definition) is 1. The molecule has 0 saturated carbocycles. The second kappa shape index (κ2) is 8.13. The predicted octanol–water partition coefficient (Wildman–Crippen LogP) is 5.55. The second-order valence-electron chi connectivity index (χ2n) is 7.22. The topological polar surface area (TPSA) is 40.5 Å². The van der Waals surface area contributed by atoms with Gasteiger partial charge in [0.1, 0.15) is 0 Å². The van der Waals surface area contributed by atoms with E-state index in [1.165, 1.54) is 6.07 Å². The number of benzene rings is 2. The largest absolute Gasteiger partial charge is 0.481 e. The molecule has 0 amide bonds. The number of halogens is 4. The number of aryl methyl sites for hydroxylation is 1. The zero-order valence-corrected chi connectivity index (χ0v) is 16.1. The van der Waals surface area contributed by atoms with Gasteiger partial charge in [-0.2, -0.15) is 13.2 Å². The maximum absolute atomic E-state index is 13.4. The molecule has 0 bridgehead atoms. The molecule has 0 radical (unpaired) electrons. The van der Waals surface area contributed by atoms with Crippen LogP contribution < -0.4 is 0 Å². The zero-order valence-electron chi connectivity index (χ0n) is 15.3. The molecule has 1 heterocycles. The summed E-state index contributed by atoms with van der Waals surface area (Å²) in [6.45, 7) is 2.84. The minimum Gasteiger partial charge on any atom is -0.481 e. The molecular weight excluding hydrogens is 391 g/mol. The number of alkyl halides is 3. The smallest absolute Gasteiger partial charge is 0.417 e. The van der Waals surface area contributed by atoms with Crippen molar-refractivity contribution in [3.63, 3.8) is 0 Å². The summed E-state index contributed by atoms with van der Waals surface area (Å²) in [6.07, 6.45) is -3.31. The van der Waals surface area contributed by atoms with E-state index in [-0.39, 0.29) is 11.6 Å². The fraction of sp³-hybridized carbons (Fsp3) is 0.381. The van der Waals surface area contributed by atoms with Crippen LogP contribution >= 0.6 is 11.6 Å². The number of hydrogen-bond acceptors (Lipinski definition) is 2. The summed E-state index contributed by atoms with van der Waals surface area (Å²) in [5.74, 6) is -1.41. The molecule has 2 aromatic rings. The number of nitrogens with zero attached hydrogens (tertiary/aromatic N) is 1. The van der Waals surface area contributed by atoms with Crippen molar-refractivity contribution in [2.75, 3.05) is 13.1 Å². The van der Waals surface area contributed by atoms with Gasteiger partial charge in [-0.3, -0.25) is 9.69 Å². The third kappa shape index (κ3) is 4.50. The standard InChI is InChI=1S/C21H21ClF3NO2/c1-13-4-6-14(7-5-13)19(26-10-2-3-16(12-26)20(27)28)15-8-9-18(22)17(11-15)21(23,24)25/h4-9,11,16,19H,2-3,10,12H2,1H3,(H,27,28). The van der Waals surface area contributed by atoms with Crippen LogP contribution in [-0.2, 0) is 11.0 Å². The van der Waals surface area contributed by atoms with Crippen molar-refractivity contribution in [1.29, 1.82) is 0 Å². The van der Waals surface area contributed by atoms with Gasteiger partial charge in [0, 0.05) is 6.54 Å². The molecule has 2 unspecified atom stereocenters. The van der Waals surface area contributed by atoms with Gasteiger partial charge >= 0.3 is 12.1 Å². The summed E-state index contributed by atoms with van der Waals surface area (Å²) < 4.78 is 40.1. The first-order valence-electron chi connectivity index (χ1n) is 9.07. The number of piperidine rings is 1. The molecule has 0 aromatic heterocycles.